The van der Waals surface area contributed by atoms with Gasteiger partial charge in [-0.15, -0.1) is 0 Å². The summed E-state index contributed by atoms with van der Waals surface area (Å²) in [5.74, 6) is 0.214. The number of carbonyl (C=O) groups is 1. The number of carbonyl (C=O) groups excluding carboxylic acids is 1. The number of rotatable bonds is 4. The summed E-state index contributed by atoms with van der Waals surface area (Å²) in [5, 5.41) is 2.04. The van der Waals surface area contributed by atoms with Crippen LogP contribution in [0.15, 0.2) is 18.2 Å². The number of nitrogens with zero attached hydrogens (tertiary/aromatic N) is 1. The van der Waals surface area contributed by atoms with Crippen molar-refractivity contribution in [2.75, 3.05) is 21.2 Å². The zero-order chi connectivity index (χ0) is 13.0. The molecule has 0 radical (unpaired) electrons. The number of halogens is 1. The van der Waals surface area contributed by atoms with E-state index < -0.39 is 6.04 Å². The smallest absolute Gasteiger partial charge is 0.255 e. The largest absolute Gasteiger partial charge is 0.496 e. The van der Waals surface area contributed by atoms with Crippen molar-refractivity contribution in [2.24, 2.45) is 5.73 Å². The highest BCUT2D eigenvalue weighted by atomic mass is 35.5. The summed E-state index contributed by atoms with van der Waals surface area (Å²) < 4.78 is 5.14. The van der Waals surface area contributed by atoms with Gasteiger partial charge in [-0.1, -0.05) is 11.6 Å². The van der Waals surface area contributed by atoms with Crippen LogP contribution < -0.4 is 15.9 Å². The highest BCUT2D eigenvalue weighted by Gasteiger charge is 2.20. The molecule has 0 aliphatic heterocycles. The molecular weight excluding hydrogens is 242 g/mol. The fourth-order valence-corrected chi connectivity index (χ4v) is 1.56. The molecule has 17 heavy (non-hydrogen) atoms. The monoisotopic (exact) mass is 257 g/mol. The van der Waals surface area contributed by atoms with Crippen LogP contribution in [0.25, 0.3) is 0 Å². The average molecular weight is 258 g/mol. The third-order valence-electron chi connectivity index (χ3n) is 2.14. The number of amides is 1. The van der Waals surface area contributed by atoms with Crippen molar-refractivity contribution < 1.29 is 9.53 Å². The molecule has 1 aromatic rings. The van der Waals surface area contributed by atoms with E-state index in [4.69, 9.17) is 22.1 Å². The number of hydrogen-bond donors (Lipinski definition) is 2. The first kappa shape index (κ1) is 13.8. The molecule has 0 aliphatic carbocycles. The molecule has 0 bridgehead atoms. The second kappa shape index (κ2) is 5.86. The summed E-state index contributed by atoms with van der Waals surface area (Å²) in [5.41, 5.74) is 8.99. The first-order valence-corrected chi connectivity index (χ1v) is 5.40. The predicted molar refractivity (Wildman–Crippen MR) is 66.8 cm³/mol. The van der Waals surface area contributed by atoms with Crippen LogP contribution in [0.1, 0.15) is 11.6 Å². The molecule has 1 unspecified atom stereocenters. The second-order valence-corrected chi connectivity index (χ2v) is 4.17. The van der Waals surface area contributed by atoms with Crippen LogP contribution >= 0.6 is 11.6 Å². The van der Waals surface area contributed by atoms with Crippen LogP contribution in [0.5, 0.6) is 5.75 Å². The Balaban J connectivity index is 2.98. The Hall–Kier alpha value is -1.30. The molecule has 1 rings (SSSR count). The van der Waals surface area contributed by atoms with Crippen LogP contribution in [0.2, 0.25) is 5.02 Å². The molecule has 0 saturated carbocycles. The van der Waals surface area contributed by atoms with E-state index in [1.807, 2.05) is 0 Å². The predicted octanol–water partition coefficient (Wildman–Crippen LogP) is 0.941. The van der Waals surface area contributed by atoms with Gasteiger partial charge in [0.2, 0.25) is 0 Å². The molecular formula is C11H16ClN3O2. The zero-order valence-corrected chi connectivity index (χ0v) is 10.8. The zero-order valence-electron chi connectivity index (χ0n) is 10.0. The maximum Gasteiger partial charge on any atom is 0.255 e. The number of benzene rings is 1. The summed E-state index contributed by atoms with van der Waals surface area (Å²) in [6.07, 6.45) is 0. The summed E-state index contributed by atoms with van der Waals surface area (Å²) in [6.45, 7) is 0. The average Bonchev–Trinajstić information content (AvgIpc) is 2.27. The van der Waals surface area contributed by atoms with Crippen LogP contribution in [0.4, 0.5) is 0 Å². The Bertz CT molecular complexity index is 410. The quantitative estimate of drug-likeness (QED) is 0.788. The van der Waals surface area contributed by atoms with Gasteiger partial charge in [-0.05, 0) is 18.2 Å². The van der Waals surface area contributed by atoms with E-state index in [9.17, 15) is 4.79 Å². The van der Waals surface area contributed by atoms with Crippen LogP contribution in [-0.4, -0.2) is 32.1 Å². The molecule has 0 aliphatic rings. The van der Waals surface area contributed by atoms with Gasteiger partial charge < -0.3 is 10.5 Å². The van der Waals surface area contributed by atoms with Crippen molar-refractivity contribution in [3.63, 3.8) is 0 Å². The van der Waals surface area contributed by atoms with Gasteiger partial charge in [-0.3, -0.25) is 10.2 Å². The van der Waals surface area contributed by atoms with Crippen LogP contribution in [0.3, 0.4) is 0 Å². The Morgan fingerprint density at radius 3 is 2.71 bits per heavy atom. The molecule has 3 N–H and O–H groups in total. The van der Waals surface area contributed by atoms with Gasteiger partial charge in [0, 0.05) is 24.7 Å². The van der Waals surface area contributed by atoms with E-state index in [2.05, 4.69) is 5.43 Å². The molecule has 0 heterocycles. The fraction of sp³-hybridized carbons (Fsp3) is 0.364. The van der Waals surface area contributed by atoms with Crippen molar-refractivity contribution in [2.45, 2.75) is 6.04 Å². The minimum Gasteiger partial charge on any atom is -0.496 e. The third-order valence-corrected chi connectivity index (χ3v) is 2.38. The maximum atomic E-state index is 11.8. The van der Waals surface area contributed by atoms with Gasteiger partial charge in [0.1, 0.15) is 11.8 Å². The lowest BCUT2D eigenvalue weighted by Crippen LogP contribution is -2.42. The summed E-state index contributed by atoms with van der Waals surface area (Å²) in [7, 11) is 4.93. The Morgan fingerprint density at radius 1 is 1.53 bits per heavy atom. The standard InChI is InChI=1S/C11H16ClN3O2/c1-15(2)14-11(16)10(13)8-6-7(12)4-5-9(8)17-3/h4-6,10H,13H2,1-3H3,(H,14,16). The van der Waals surface area contributed by atoms with E-state index in [1.165, 1.54) is 12.1 Å². The van der Waals surface area contributed by atoms with Gasteiger partial charge in [-0.2, -0.15) is 0 Å². The minimum absolute atomic E-state index is 0.324. The van der Waals surface area contributed by atoms with Gasteiger partial charge in [-0.25, -0.2) is 5.01 Å². The van der Waals surface area contributed by atoms with E-state index in [0.717, 1.165) is 0 Å². The molecule has 1 atom stereocenters. The van der Waals surface area contributed by atoms with Crippen molar-refractivity contribution in [3.05, 3.63) is 28.8 Å². The number of hydrazine groups is 1. The first-order chi connectivity index (χ1) is 7.95. The minimum atomic E-state index is -0.828. The van der Waals surface area contributed by atoms with Crippen molar-refractivity contribution in [1.82, 2.24) is 10.4 Å². The van der Waals surface area contributed by atoms with Gasteiger partial charge in [0.05, 0.1) is 7.11 Å². The van der Waals surface area contributed by atoms with Gasteiger partial charge in [0.15, 0.2) is 0 Å². The number of nitrogens with two attached hydrogens (primary N) is 1. The highest BCUT2D eigenvalue weighted by Crippen LogP contribution is 2.27. The lowest BCUT2D eigenvalue weighted by atomic mass is 10.1. The molecule has 0 fully saturated rings. The lowest BCUT2D eigenvalue weighted by molar-refractivity contribution is -0.126. The molecule has 1 amide bonds. The first-order valence-electron chi connectivity index (χ1n) is 5.02. The van der Waals surface area contributed by atoms with E-state index >= 15 is 0 Å². The Morgan fingerprint density at radius 2 is 2.18 bits per heavy atom. The molecule has 0 aromatic heterocycles. The third kappa shape index (κ3) is 3.59. The molecule has 6 heteroatoms. The van der Waals surface area contributed by atoms with E-state index in [0.29, 0.717) is 16.3 Å². The Kier molecular flexibility index (Phi) is 4.74. The van der Waals surface area contributed by atoms with Crippen molar-refractivity contribution in [1.29, 1.82) is 0 Å². The summed E-state index contributed by atoms with van der Waals surface area (Å²) >= 11 is 5.88. The molecule has 94 valence electrons. The Labute approximate surface area is 105 Å². The highest BCUT2D eigenvalue weighted by molar-refractivity contribution is 6.30. The number of nitrogens with one attached hydrogen (secondary N) is 1. The van der Waals surface area contributed by atoms with Crippen LogP contribution in [0, 0.1) is 0 Å². The van der Waals surface area contributed by atoms with Crippen molar-refractivity contribution in [3.8, 4) is 5.75 Å². The SMILES string of the molecule is COc1ccc(Cl)cc1C(N)C(=O)NN(C)C. The van der Waals surface area contributed by atoms with Crippen LogP contribution in [-0.2, 0) is 4.79 Å². The van der Waals surface area contributed by atoms with Gasteiger partial charge in [0.25, 0.3) is 5.91 Å². The molecule has 1 aromatic carbocycles. The maximum absolute atomic E-state index is 11.8. The van der Waals surface area contributed by atoms with Gasteiger partial charge >= 0.3 is 0 Å². The molecule has 5 nitrogen and oxygen atoms in total. The van der Waals surface area contributed by atoms with Crippen molar-refractivity contribution >= 4 is 17.5 Å². The molecule has 0 saturated heterocycles. The summed E-state index contributed by atoms with van der Waals surface area (Å²) in [6, 6.07) is 4.16. The van der Waals surface area contributed by atoms with E-state index in [1.54, 1.807) is 32.3 Å². The lowest BCUT2D eigenvalue weighted by Gasteiger charge is -2.18. The normalized spacial score (nSPS) is 12.4. The summed E-state index contributed by atoms with van der Waals surface area (Å²) in [4.78, 5) is 11.8. The fourth-order valence-electron chi connectivity index (χ4n) is 1.38. The topological polar surface area (TPSA) is 67.6 Å². The second-order valence-electron chi connectivity index (χ2n) is 3.73. The number of ether oxygens (including phenoxy) is 1. The van der Waals surface area contributed by atoms with E-state index in [-0.39, 0.29) is 5.91 Å². The number of hydrogen-bond acceptors (Lipinski definition) is 4. The molecule has 0 spiro atoms. The number of methoxy groups -OCH3 is 1.